The molecule has 0 bridgehead atoms. The largest absolute Gasteiger partial charge is 0.435 e. The molecule has 2 amide bonds. The Labute approximate surface area is 155 Å². The Hall–Kier alpha value is -2.70. The van der Waals surface area contributed by atoms with E-state index in [4.69, 9.17) is 0 Å². The van der Waals surface area contributed by atoms with Crippen LogP contribution in [0.5, 0.6) is 5.75 Å². The second-order valence-corrected chi connectivity index (χ2v) is 6.46. The summed E-state index contributed by atoms with van der Waals surface area (Å²) in [5, 5.41) is 5.69. The molecule has 144 valence electrons. The van der Waals surface area contributed by atoms with Crippen molar-refractivity contribution in [2.24, 2.45) is 0 Å². The van der Waals surface area contributed by atoms with Crippen molar-refractivity contribution in [3.8, 4) is 5.75 Å². The number of rotatable bonds is 6. The first-order valence-electron chi connectivity index (χ1n) is 8.88. The summed E-state index contributed by atoms with van der Waals surface area (Å²) >= 11 is 0. The molecule has 0 radical (unpaired) electrons. The summed E-state index contributed by atoms with van der Waals surface area (Å²) in [6.45, 7) is -2.47. The Morgan fingerprint density at radius 2 is 2.07 bits per heavy atom. The summed E-state index contributed by atoms with van der Waals surface area (Å²) in [6, 6.07) is 10.6. The number of alkyl halides is 2. The lowest BCUT2D eigenvalue weighted by atomic mass is 9.87. The highest BCUT2D eigenvalue weighted by Gasteiger charge is 2.22. The van der Waals surface area contributed by atoms with Gasteiger partial charge in [-0.15, -0.1) is 0 Å². The van der Waals surface area contributed by atoms with Gasteiger partial charge < -0.3 is 15.4 Å². The van der Waals surface area contributed by atoms with Crippen LogP contribution in [0.25, 0.3) is 0 Å². The van der Waals surface area contributed by atoms with Crippen LogP contribution in [0.4, 0.5) is 18.0 Å². The Bertz CT molecular complexity index is 799. The predicted molar refractivity (Wildman–Crippen MR) is 95.4 cm³/mol. The Balaban J connectivity index is 1.54. The van der Waals surface area contributed by atoms with Crippen molar-refractivity contribution in [1.29, 1.82) is 0 Å². The van der Waals surface area contributed by atoms with Crippen LogP contribution in [-0.4, -0.2) is 19.2 Å². The molecule has 0 fully saturated rings. The van der Waals surface area contributed by atoms with Crippen LogP contribution in [0.2, 0.25) is 0 Å². The summed E-state index contributed by atoms with van der Waals surface area (Å²) in [4.78, 5) is 12.2. The third-order valence-corrected chi connectivity index (χ3v) is 4.55. The van der Waals surface area contributed by atoms with E-state index in [1.807, 2.05) is 0 Å². The molecule has 0 saturated heterocycles. The standard InChI is InChI=1S/C20H21F3N2O2/c21-15-5-1-3-13(11-15)9-10-24-20(26)25-18-6-2-4-14-12-16(27-19(22)23)7-8-17(14)18/h1,3,5,7-8,11-12,18-19H,2,4,6,9-10H2,(H2,24,25,26). The molecule has 0 aromatic heterocycles. The number of fused-ring (bicyclic) bond motifs is 1. The summed E-state index contributed by atoms with van der Waals surface area (Å²) < 4.78 is 42.3. The molecule has 1 unspecified atom stereocenters. The van der Waals surface area contributed by atoms with Crippen LogP contribution in [0.1, 0.15) is 35.6 Å². The fourth-order valence-electron chi connectivity index (χ4n) is 3.34. The predicted octanol–water partition coefficient (Wildman–Crippen LogP) is 4.35. The number of carbonyl (C=O) groups excluding carboxylic acids is 1. The summed E-state index contributed by atoms with van der Waals surface area (Å²) in [6.07, 6.45) is 2.91. The van der Waals surface area contributed by atoms with E-state index >= 15 is 0 Å². The van der Waals surface area contributed by atoms with Crippen molar-refractivity contribution in [3.05, 3.63) is 65.0 Å². The summed E-state index contributed by atoms with van der Waals surface area (Å²) in [5.41, 5.74) is 2.64. The van der Waals surface area contributed by atoms with Gasteiger partial charge in [-0.1, -0.05) is 18.2 Å². The molecule has 0 spiro atoms. The van der Waals surface area contributed by atoms with E-state index in [0.29, 0.717) is 13.0 Å². The fourth-order valence-corrected chi connectivity index (χ4v) is 3.34. The number of halogens is 3. The average Bonchev–Trinajstić information content (AvgIpc) is 2.61. The molecule has 1 aliphatic carbocycles. The van der Waals surface area contributed by atoms with Gasteiger partial charge in [-0.25, -0.2) is 9.18 Å². The van der Waals surface area contributed by atoms with Crippen LogP contribution < -0.4 is 15.4 Å². The first kappa shape index (κ1) is 19.1. The zero-order valence-electron chi connectivity index (χ0n) is 14.7. The number of hydrogen-bond donors (Lipinski definition) is 2. The molecule has 0 heterocycles. The maximum atomic E-state index is 13.2. The molecule has 2 N–H and O–H groups in total. The minimum atomic E-state index is -2.86. The molecule has 0 aliphatic heterocycles. The number of hydrogen-bond acceptors (Lipinski definition) is 2. The molecule has 3 rings (SSSR count). The van der Waals surface area contributed by atoms with Gasteiger partial charge >= 0.3 is 12.6 Å². The van der Waals surface area contributed by atoms with Gasteiger partial charge in [0.1, 0.15) is 11.6 Å². The van der Waals surface area contributed by atoms with E-state index in [2.05, 4.69) is 15.4 Å². The maximum absolute atomic E-state index is 13.2. The Morgan fingerprint density at radius 1 is 1.22 bits per heavy atom. The van der Waals surface area contributed by atoms with Crippen molar-refractivity contribution in [2.45, 2.75) is 38.3 Å². The van der Waals surface area contributed by atoms with E-state index in [0.717, 1.165) is 36.0 Å². The molecular weight excluding hydrogens is 357 g/mol. The van der Waals surface area contributed by atoms with Gasteiger partial charge in [-0.3, -0.25) is 0 Å². The minimum Gasteiger partial charge on any atom is -0.435 e. The maximum Gasteiger partial charge on any atom is 0.387 e. The quantitative estimate of drug-likeness (QED) is 0.785. The van der Waals surface area contributed by atoms with E-state index in [1.54, 1.807) is 24.3 Å². The Morgan fingerprint density at radius 3 is 2.85 bits per heavy atom. The topological polar surface area (TPSA) is 50.4 Å². The lowest BCUT2D eigenvalue weighted by molar-refractivity contribution is -0.0499. The molecule has 1 atom stereocenters. The lowest BCUT2D eigenvalue weighted by Gasteiger charge is -2.27. The Kier molecular flexibility index (Phi) is 6.21. The first-order chi connectivity index (χ1) is 13.0. The fraction of sp³-hybridized carbons (Fsp3) is 0.350. The third kappa shape index (κ3) is 5.39. The summed E-state index contributed by atoms with van der Waals surface area (Å²) in [7, 11) is 0. The van der Waals surface area contributed by atoms with Crippen molar-refractivity contribution >= 4 is 6.03 Å². The van der Waals surface area contributed by atoms with Gasteiger partial charge in [0.05, 0.1) is 6.04 Å². The molecule has 2 aromatic carbocycles. The van der Waals surface area contributed by atoms with Gasteiger partial charge in [-0.05, 0) is 66.6 Å². The number of ether oxygens (including phenoxy) is 1. The zero-order chi connectivity index (χ0) is 19.2. The number of amides is 2. The molecule has 2 aromatic rings. The lowest BCUT2D eigenvalue weighted by Crippen LogP contribution is -2.39. The van der Waals surface area contributed by atoms with Crippen molar-refractivity contribution in [3.63, 3.8) is 0 Å². The number of benzene rings is 2. The van der Waals surface area contributed by atoms with Crippen LogP contribution in [0.3, 0.4) is 0 Å². The molecule has 0 saturated carbocycles. The van der Waals surface area contributed by atoms with Gasteiger partial charge in [-0.2, -0.15) is 8.78 Å². The van der Waals surface area contributed by atoms with E-state index in [1.165, 1.54) is 18.2 Å². The van der Waals surface area contributed by atoms with Crippen LogP contribution in [-0.2, 0) is 12.8 Å². The van der Waals surface area contributed by atoms with Crippen molar-refractivity contribution in [1.82, 2.24) is 10.6 Å². The minimum absolute atomic E-state index is 0.129. The number of aryl methyl sites for hydroxylation is 1. The van der Waals surface area contributed by atoms with Crippen LogP contribution in [0.15, 0.2) is 42.5 Å². The SMILES string of the molecule is O=C(NCCc1cccc(F)c1)NC1CCCc2cc(OC(F)F)ccc21. The van der Waals surface area contributed by atoms with E-state index in [-0.39, 0.29) is 23.6 Å². The number of nitrogens with one attached hydrogen (secondary N) is 2. The van der Waals surface area contributed by atoms with Crippen molar-refractivity contribution < 1.29 is 22.7 Å². The highest BCUT2D eigenvalue weighted by molar-refractivity contribution is 5.74. The monoisotopic (exact) mass is 378 g/mol. The highest BCUT2D eigenvalue weighted by Crippen LogP contribution is 2.32. The molecule has 4 nitrogen and oxygen atoms in total. The zero-order valence-corrected chi connectivity index (χ0v) is 14.7. The highest BCUT2D eigenvalue weighted by atomic mass is 19.3. The molecule has 1 aliphatic rings. The summed E-state index contributed by atoms with van der Waals surface area (Å²) in [5.74, 6) is -0.171. The van der Waals surface area contributed by atoms with E-state index in [9.17, 15) is 18.0 Å². The third-order valence-electron chi connectivity index (χ3n) is 4.55. The second-order valence-electron chi connectivity index (χ2n) is 6.46. The van der Waals surface area contributed by atoms with E-state index < -0.39 is 6.61 Å². The number of carbonyl (C=O) groups is 1. The number of urea groups is 1. The average molecular weight is 378 g/mol. The van der Waals surface area contributed by atoms with Gasteiger partial charge in [0, 0.05) is 6.54 Å². The van der Waals surface area contributed by atoms with Crippen LogP contribution in [0, 0.1) is 5.82 Å². The second kappa shape index (κ2) is 8.79. The smallest absolute Gasteiger partial charge is 0.387 e. The van der Waals surface area contributed by atoms with Crippen LogP contribution >= 0.6 is 0 Å². The van der Waals surface area contributed by atoms with Gasteiger partial charge in [0.25, 0.3) is 0 Å². The van der Waals surface area contributed by atoms with Gasteiger partial charge in [0.2, 0.25) is 0 Å². The molecule has 7 heteroatoms. The normalized spacial score (nSPS) is 15.9. The molecule has 27 heavy (non-hydrogen) atoms. The van der Waals surface area contributed by atoms with Gasteiger partial charge in [0.15, 0.2) is 0 Å². The molecular formula is C20H21F3N2O2. The first-order valence-corrected chi connectivity index (χ1v) is 8.88. The van der Waals surface area contributed by atoms with Crippen molar-refractivity contribution in [2.75, 3.05) is 6.54 Å².